The average molecular weight is 229 g/mol. The van der Waals surface area contributed by atoms with Gasteiger partial charge in [0, 0.05) is 12.0 Å². The predicted octanol–water partition coefficient (Wildman–Crippen LogP) is 1.79. The fourth-order valence-corrected chi connectivity index (χ4v) is 1.69. The molecule has 0 amide bonds. The Hall–Kier alpha value is -0.940. The van der Waals surface area contributed by atoms with Crippen molar-refractivity contribution < 1.29 is 14.3 Å². The molecule has 1 heterocycles. The van der Waals surface area contributed by atoms with E-state index in [0.29, 0.717) is 6.61 Å². The molecule has 1 aromatic heterocycles. The number of nitrogens with zero attached hydrogens (tertiary/aromatic N) is 1. The second kappa shape index (κ2) is 6.53. The van der Waals surface area contributed by atoms with Crippen molar-refractivity contribution in [1.82, 2.24) is 4.98 Å². The number of aromatic nitrogens is 1. The van der Waals surface area contributed by atoms with Gasteiger partial charge in [0.15, 0.2) is 0 Å². The van der Waals surface area contributed by atoms with E-state index in [9.17, 15) is 4.79 Å². The summed E-state index contributed by atoms with van der Waals surface area (Å²) in [7, 11) is 0. The van der Waals surface area contributed by atoms with Crippen molar-refractivity contribution >= 4 is 17.3 Å². The molecule has 0 unspecified atom stereocenters. The zero-order chi connectivity index (χ0) is 11.1. The van der Waals surface area contributed by atoms with E-state index in [1.807, 2.05) is 19.2 Å². The Morgan fingerprint density at radius 1 is 1.53 bits per heavy atom. The first kappa shape index (κ1) is 12.1. The number of rotatable bonds is 6. The predicted molar refractivity (Wildman–Crippen MR) is 57.8 cm³/mol. The lowest BCUT2D eigenvalue weighted by atomic mass is 10.5. The second-order valence-electron chi connectivity index (χ2n) is 2.88. The van der Waals surface area contributed by atoms with Gasteiger partial charge >= 0.3 is 5.97 Å². The third-order valence-corrected chi connectivity index (χ3v) is 2.75. The van der Waals surface area contributed by atoms with Gasteiger partial charge in [0.25, 0.3) is 0 Å². The summed E-state index contributed by atoms with van der Waals surface area (Å²) in [6, 6.07) is 0. The average Bonchev–Trinajstić information content (AvgIpc) is 2.71. The molecule has 1 aromatic rings. The molecule has 0 aliphatic heterocycles. The van der Waals surface area contributed by atoms with Crippen molar-refractivity contribution in [1.29, 1.82) is 0 Å². The summed E-state index contributed by atoms with van der Waals surface area (Å²) in [5.41, 5.74) is 0.807. The maximum atomic E-state index is 11.1. The molecule has 0 aliphatic rings. The first-order chi connectivity index (χ1) is 7.26. The van der Waals surface area contributed by atoms with Crippen LogP contribution in [0.1, 0.15) is 24.5 Å². The van der Waals surface area contributed by atoms with E-state index in [0.717, 1.165) is 17.1 Å². The van der Waals surface area contributed by atoms with E-state index in [1.165, 1.54) is 0 Å². The van der Waals surface area contributed by atoms with Gasteiger partial charge < -0.3 is 9.47 Å². The number of thiazole rings is 1. The monoisotopic (exact) mass is 229 g/mol. The zero-order valence-corrected chi connectivity index (χ0v) is 9.80. The lowest BCUT2D eigenvalue weighted by Crippen LogP contribution is -2.12. The molecule has 0 spiro atoms. The largest absolute Gasteiger partial charge is 0.457 e. The van der Waals surface area contributed by atoms with Gasteiger partial charge in [-0.15, -0.1) is 11.3 Å². The van der Waals surface area contributed by atoms with Gasteiger partial charge in [-0.3, -0.25) is 0 Å². The molecule has 15 heavy (non-hydrogen) atoms. The second-order valence-corrected chi connectivity index (χ2v) is 3.83. The fraction of sp³-hybridized carbons (Fsp3) is 0.600. The maximum Gasteiger partial charge on any atom is 0.332 e. The van der Waals surface area contributed by atoms with Gasteiger partial charge in [-0.1, -0.05) is 6.92 Å². The molecular formula is C10H15NO3S. The van der Waals surface area contributed by atoms with E-state index in [1.54, 1.807) is 11.3 Å². The normalized spacial score (nSPS) is 10.3. The molecule has 4 nitrogen and oxygen atoms in total. The quantitative estimate of drug-likeness (QED) is 0.698. The van der Waals surface area contributed by atoms with Crippen molar-refractivity contribution in [2.75, 3.05) is 13.2 Å². The number of carbonyl (C=O) groups is 1. The van der Waals surface area contributed by atoms with Crippen LogP contribution in [-0.2, 0) is 27.3 Å². The highest BCUT2D eigenvalue weighted by atomic mass is 32.1. The molecule has 0 saturated carbocycles. The summed E-state index contributed by atoms with van der Waals surface area (Å²) >= 11 is 1.59. The lowest BCUT2D eigenvalue weighted by molar-refractivity contribution is -0.150. The highest BCUT2D eigenvalue weighted by Gasteiger charge is 2.05. The summed E-state index contributed by atoms with van der Waals surface area (Å²) in [6.07, 6.45) is 0.914. The van der Waals surface area contributed by atoms with Crippen LogP contribution in [0.4, 0.5) is 0 Å². The fourth-order valence-electron chi connectivity index (χ4n) is 0.959. The molecule has 0 aromatic carbocycles. The molecule has 1 rings (SSSR count). The summed E-state index contributed by atoms with van der Waals surface area (Å²) in [4.78, 5) is 15.4. The molecule has 0 radical (unpaired) electrons. The van der Waals surface area contributed by atoms with Crippen LogP contribution in [-0.4, -0.2) is 24.2 Å². The van der Waals surface area contributed by atoms with E-state index in [2.05, 4.69) is 4.98 Å². The minimum Gasteiger partial charge on any atom is -0.457 e. The SMILES string of the molecule is CCOCC(=O)OCc1csc(CC)n1. The van der Waals surface area contributed by atoms with Crippen LogP contribution < -0.4 is 0 Å². The van der Waals surface area contributed by atoms with E-state index < -0.39 is 0 Å². The Morgan fingerprint density at radius 3 is 2.93 bits per heavy atom. The van der Waals surface area contributed by atoms with Gasteiger partial charge in [-0.25, -0.2) is 9.78 Å². The molecule has 0 N–H and O–H groups in total. The Balaban J connectivity index is 2.27. The van der Waals surface area contributed by atoms with Crippen LogP contribution in [0, 0.1) is 0 Å². The highest BCUT2D eigenvalue weighted by Crippen LogP contribution is 2.10. The van der Waals surface area contributed by atoms with Crippen LogP contribution in [0.5, 0.6) is 0 Å². The number of esters is 1. The Labute approximate surface area is 93.2 Å². The third kappa shape index (κ3) is 4.40. The number of hydrogen-bond donors (Lipinski definition) is 0. The Morgan fingerprint density at radius 2 is 2.33 bits per heavy atom. The molecule has 0 fully saturated rings. The Bertz CT molecular complexity index is 311. The van der Waals surface area contributed by atoms with Gasteiger partial charge in [-0.2, -0.15) is 0 Å². The zero-order valence-electron chi connectivity index (χ0n) is 8.99. The molecule has 0 aliphatic carbocycles. The van der Waals surface area contributed by atoms with Crippen LogP contribution in [0.3, 0.4) is 0 Å². The van der Waals surface area contributed by atoms with Gasteiger partial charge in [0.2, 0.25) is 0 Å². The third-order valence-electron chi connectivity index (χ3n) is 1.71. The summed E-state index contributed by atoms with van der Waals surface area (Å²) < 4.78 is 9.89. The van der Waals surface area contributed by atoms with Crippen molar-refractivity contribution in [3.63, 3.8) is 0 Å². The van der Waals surface area contributed by atoms with Gasteiger partial charge in [0.1, 0.15) is 13.2 Å². The molecular weight excluding hydrogens is 214 g/mol. The van der Waals surface area contributed by atoms with Crippen LogP contribution in [0.2, 0.25) is 0 Å². The van der Waals surface area contributed by atoms with Crippen LogP contribution in [0.15, 0.2) is 5.38 Å². The summed E-state index contributed by atoms with van der Waals surface area (Å²) in [5.74, 6) is -0.345. The summed E-state index contributed by atoms with van der Waals surface area (Å²) in [5, 5.41) is 2.97. The number of hydrogen-bond acceptors (Lipinski definition) is 5. The summed E-state index contributed by atoms with van der Waals surface area (Å²) in [6.45, 7) is 4.65. The minimum atomic E-state index is -0.345. The highest BCUT2D eigenvalue weighted by molar-refractivity contribution is 7.09. The molecule has 84 valence electrons. The van der Waals surface area contributed by atoms with Crippen LogP contribution >= 0.6 is 11.3 Å². The molecule has 0 bridgehead atoms. The van der Waals surface area contributed by atoms with Crippen LogP contribution in [0.25, 0.3) is 0 Å². The topological polar surface area (TPSA) is 48.4 Å². The number of ether oxygens (including phenoxy) is 2. The standard InChI is InChI=1S/C10H15NO3S/c1-3-9-11-8(7-15-9)5-14-10(12)6-13-4-2/h7H,3-6H2,1-2H3. The van der Waals surface area contributed by atoms with Crippen molar-refractivity contribution in [3.05, 3.63) is 16.1 Å². The molecule has 0 saturated heterocycles. The maximum absolute atomic E-state index is 11.1. The van der Waals surface area contributed by atoms with Crippen molar-refractivity contribution in [3.8, 4) is 0 Å². The van der Waals surface area contributed by atoms with Gasteiger partial charge in [-0.05, 0) is 13.3 Å². The number of carbonyl (C=O) groups excluding carboxylic acids is 1. The lowest BCUT2D eigenvalue weighted by Gasteiger charge is -2.02. The van der Waals surface area contributed by atoms with E-state index in [-0.39, 0.29) is 19.2 Å². The number of aryl methyl sites for hydroxylation is 1. The van der Waals surface area contributed by atoms with Crippen molar-refractivity contribution in [2.24, 2.45) is 0 Å². The van der Waals surface area contributed by atoms with E-state index >= 15 is 0 Å². The van der Waals surface area contributed by atoms with E-state index in [4.69, 9.17) is 9.47 Å². The smallest absolute Gasteiger partial charge is 0.332 e. The first-order valence-corrected chi connectivity index (χ1v) is 5.80. The molecule has 5 heteroatoms. The molecule has 0 atom stereocenters. The Kier molecular flexibility index (Phi) is 5.28. The van der Waals surface area contributed by atoms with Crippen molar-refractivity contribution in [2.45, 2.75) is 26.9 Å². The minimum absolute atomic E-state index is 0.0152. The first-order valence-electron chi connectivity index (χ1n) is 4.92. The van der Waals surface area contributed by atoms with Gasteiger partial charge in [0.05, 0.1) is 10.7 Å².